The van der Waals surface area contributed by atoms with Crippen molar-refractivity contribution >= 4 is 27.7 Å². The number of benzene rings is 3. The quantitative estimate of drug-likeness (QED) is 0.152. The Kier molecular flexibility index (Phi) is 9.45. The molecule has 10 heteroatoms. The maximum Gasteiger partial charge on any atom is 0.266 e. The third-order valence-electron chi connectivity index (χ3n) is 6.14. The number of aliphatic hydroxyl groups is 1. The number of carbonyl (C=O) groups is 1. The van der Waals surface area contributed by atoms with Crippen molar-refractivity contribution in [3.05, 3.63) is 112 Å². The number of hydrogen-bond acceptors (Lipinski definition) is 6. The number of hydrogen-bond donors (Lipinski definition) is 3. The standard InChI is InChI=1S/C29H28BrF2N3O4/c1-2-14-29(28(37)35-33-18-19-4-13-24(31)25(32)17-19)26(20-5-9-22(30)10-6-20)39-27(34-29)21-7-11-23(12-8-21)38-16-3-15-36/h2,4-13,17,26,33,36H,1,3,14-16,18H2,(H,35,37)/t26-,29-/m0/s1. The summed E-state index contributed by atoms with van der Waals surface area (Å²) in [5.74, 6) is -1.48. The summed E-state index contributed by atoms with van der Waals surface area (Å²) >= 11 is 3.44. The molecule has 0 bridgehead atoms. The van der Waals surface area contributed by atoms with Crippen LogP contribution >= 0.6 is 15.9 Å². The van der Waals surface area contributed by atoms with Gasteiger partial charge >= 0.3 is 0 Å². The summed E-state index contributed by atoms with van der Waals surface area (Å²) in [6.45, 7) is 4.33. The van der Waals surface area contributed by atoms with E-state index < -0.39 is 29.2 Å². The molecule has 204 valence electrons. The molecule has 1 aliphatic heterocycles. The number of hydrazine groups is 1. The van der Waals surface area contributed by atoms with Crippen molar-refractivity contribution < 1.29 is 28.2 Å². The van der Waals surface area contributed by atoms with Gasteiger partial charge in [-0.15, -0.1) is 6.58 Å². The Morgan fingerprint density at radius 2 is 1.87 bits per heavy atom. The molecule has 1 heterocycles. The minimum absolute atomic E-state index is 0.0449. The molecule has 39 heavy (non-hydrogen) atoms. The van der Waals surface area contributed by atoms with Crippen LogP contribution < -0.4 is 15.6 Å². The summed E-state index contributed by atoms with van der Waals surface area (Å²) in [7, 11) is 0. The van der Waals surface area contributed by atoms with Gasteiger partial charge in [0.1, 0.15) is 5.75 Å². The molecule has 0 spiro atoms. The van der Waals surface area contributed by atoms with E-state index in [0.29, 0.717) is 29.9 Å². The van der Waals surface area contributed by atoms with Crippen LogP contribution in [-0.4, -0.2) is 35.7 Å². The normalized spacial score (nSPS) is 18.3. The fraction of sp³-hybridized carbons (Fsp3) is 0.241. The molecule has 0 aliphatic carbocycles. The molecule has 4 rings (SSSR count). The average Bonchev–Trinajstić information content (AvgIpc) is 3.32. The van der Waals surface area contributed by atoms with Gasteiger partial charge < -0.3 is 14.6 Å². The van der Waals surface area contributed by atoms with E-state index in [9.17, 15) is 13.6 Å². The molecule has 3 aromatic carbocycles. The molecule has 3 aromatic rings. The summed E-state index contributed by atoms with van der Waals surface area (Å²) in [5.41, 5.74) is 5.89. The Balaban J connectivity index is 1.60. The summed E-state index contributed by atoms with van der Waals surface area (Å²) in [5, 5.41) is 8.95. The van der Waals surface area contributed by atoms with Crippen molar-refractivity contribution in [1.29, 1.82) is 0 Å². The van der Waals surface area contributed by atoms with Crippen LogP contribution in [0.1, 0.15) is 35.6 Å². The maximum atomic E-state index is 13.7. The van der Waals surface area contributed by atoms with Crippen LogP contribution in [-0.2, 0) is 16.1 Å². The number of ether oxygens (including phenoxy) is 2. The smallest absolute Gasteiger partial charge is 0.266 e. The van der Waals surface area contributed by atoms with Gasteiger partial charge in [0.05, 0.1) is 6.61 Å². The van der Waals surface area contributed by atoms with E-state index in [-0.39, 0.29) is 25.5 Å². The lowest BCUT2D eigenvalue weighted by Gasteiger charge is -2.29. The highest BCUT2D eigenvalue weighted by Gasteiger charge is 2.52. The monoisotopic (exact) mass is 599 g/mol. The van der Waals surface area contributed by atoms with Gasteiger partial charge in [-0.25, -0.2) is 19.2 Å². The molecule has 0 aromatic heterocycles. The van der Waals surface area contributed by atoms with E-state index in [1.807, 2.05) is 24.3 Å². The number of nitrogens with zero attached hydrogens (tertiary/aromatic N) is 1. The number of aliphatic hydroxyl groups excluding tert-OH is 1. The Morgan fingerprint density at radius 1 is 1.13 bits per heavy atom. The van der Waals surface area contributed by atoms with Crippen LogP contribution in [0.4, 0.5) is 8.78 Å². The Morgan fingerprint density at radius 3 is 2.54 bits per heavy atom. The summed E-state index contributed by atoms with van der Waals surface area (Å²) < 4.78 is 39.7. The zero-order chi connectivity index (χ0) is 27.8. The SMILES string of the molecule is C=CC[C@]1(C(=O)NNCc2ccc(F)c(F)c2)N=C(c2ccc(OCCCO)cc2)O[C@H]1c1ccc(Br)cc1. The summed E-state index contributed by atoms with van der Waals surface area (Å²) in [6, 6.07) is 18.0. The molecule has 0 saturated heterocycles. The van der Waals surface area contributed by atoms with Crippen molar-refractivity contribution in [2.45, 2.75) is 31.0 Å². The number of carbonyl (C=O) groups excluding carboxylic acids is 1. The summed E-state index contributed by atoms with van der Waals surface area (Å²) in [6.07, 6.45) is 1.52. The third-order valence-corrected chi connectivity index (χ3v) is 6.67. The van der Waals surface area contributed by atoms with Gasteiger partial charge in [-0.05, 0) is 59.7 Å². The first kappa shape index (κ1) is 28.4. The Labute approximate surface area is 233 Å². The number of amides is 1. The van der Waals surface area contributed by atoms with Gasteiger partial charge in [0.25, 0.3) is 5.91 Å². The highest BCUT2D eigenvalue weighted by atomic mass is 79.9. The first-order chi connectivity index (χ1) is 18.9. The third kappa shape index (κ3) is 6.70. The first-order valence-electron chi connectivity index (χ1n) is 12.3. The van der Waals surface area contributed by atoms with Gasteiger partial charge in [0, 0.05) is 36.0 Å². The number of rotatable bonds is 12. The highest BCUT2D eigenvalue weighted by Crippen LogP contribution is 2.43. The van der Waals surface area contributed by atoms with E-state index >= 15 is 0 Å². The largest absolute Gasteiger partial charge is 0.494 e. The molecule has 1 amide bonds. The van der Waals surface area contributed by atoms with Gasteiger partial charge in [-0.2, -0.15) is 0 Å². The zero-order valence-corrected chi connectivity index (χ0v) is 22.6. The van der Waals surface area contributed by atoms with Crippen molar-refractivity contribution in [1.82, 2.24) is 10.9 Å². The number of nitrogens with one attached hydrogen (secondary N) is 2. The Hall–Kier alpha value is -3.60. The molecule has 7 nitrogen and oxygen atoms in total. The molecule has 0 unspecified atom stereocenters. The summed E-state index contributed by atoms with van der Waals surface area (Å²) in [4.78, 5) is 18.5. The van der Waals surface area contributed by atoms with Crippen LogP contribution in [0.2, 0.25) is 0 Å². The van der Waals surface area contributed by atoms with Crippen LogP contribution in [0.25, 0.3) is 0 Å². The number of aliphatic imine (C=N–C) groups is 1. The van der Waals surface area contributed by atoms with E-state index in [4.69, 9.17) is 19.6 Å². The molecule has 0 saturated carbocycles. The first-order valence-corrected chi connectivity index (χ1v) is 13.1. The lowest BCUT2D eigenvalue weighted by Crippen LogP contribution is -2.52. The average molecular weight is 600 g/mol. The minimum atomic E-state index is -1.40. The minimum Gasteiger partial charge on any atom is -0.494 e. The van der Waals surface area contributed by atoms with E-state index in [1.165, 1.54) is 6.07 Å². The lowest BCUT2D eigenvalue weighted by atomic mass is 9.84. The fourth-order valence-electron chi connectivity index (χ4n) is 4.16. The van der Waals surface area contributed by atoms with Crippen molar-refractivity contribution in [3.63, 3.8) is 0 Å². The van der Waals surface area contributed by atoms with Crippen molar-refractivity contribution in [2.75, 3.05) is 13.2 Å². The molecule has 3 N–H and O–H groups in total. The predicted molar refractivity (Wildman–Crippen MR) is 147 cm³/mol. The predicted octanol–water partition coefficient (Wildman–Crippen LogP) is 5.14. The topological polar surface area (TPSA) is 92.2 Å². The Bertz CT molecular complexity index is 1340. The van der Waals surface area contributed by atoms with Crippen molar-refractivity contribution in [3.8, 4) is 5.75 Å². The van der Waals surface area contributed by atoms with E-state index in [2.05, 4.69) is 33.4 Å². The second-order valence-electron chi connectivity index (χ2n) is 8.89. The van der Waals surface area contributed by atoms with E-state index in [0.717, 1.165) is 22.2 Å². The molecule has 2 atom stereocenters. The van der Waals surface area contributed by atoms with Gasteiger partial charge in [-0.1, -0.05) is 40.2 Å². The molecular formula is C29H28BrF2N3O4. The van der Waals surface area contributed by atoms with Gasteiger partial charge in [0.2, 0.25) is 5.90 Å². The lowest BCUT2D eigenvalue weighted by molar-refractivity contribution is -0.129. The number of halogens is 3. The van der Waals surface area contributed by atoms with Crippen LogP contribution in [0, 0.1) is 11.6 Å². The van der Waals surface area contributed by atoms with Crippen LogP contribution in [0.15, 0.2) is 88.9 Å². The molecule has 0 radical (unpaired) electrons. The van der Waals surface area contributed by atoms with Gasteiger partial charge in [-0.3, -0.25) is 10.2 Å². The van der Waals surface area contributed by atoms with Crippen LogP contribution in [0.5, 0.6) is 5.75 Å². The fourth-order valence-corrected chi connectivity index (χ4v) is 4.42. The second-order valence-corrected chi connectivity index (χ2v) is 9.81. The van der Waals surface area contributed by atoms with E-state index in [1.54, 1.807) is 30.3 Å². The van der Waals surface area contributed by atoms with Crippen LogP contribution in [0.3, 0.4) is 0 Å². The maximum absolute atomic E-state index is 13.7. The van der Waals surface area contributed by atoms with Crippen molar-refractivity contribution in [2.24, 2.45) is 4.99 Å². The highest BCUT2D eigenvalue weighted by molar-refractivity contribution is 9.10. The van der Waals surface area contributed by atoms with Gasteiger partial charge in [0.15, 0.2) is 23.3 Å². The molecule has 0 fully saturated rings. The second kappa shape index (κ2) is 13.0. The zero-order valence-electron chi connectivity index (χ0n) is 21.0. The molecular weight excluding hydrogens is 572 g/mol. The molecule has 1 aliphatic rings.